The maximum absolute atomic E-state index is 5.56. The van der Waals surface area contributed by atoms with E-state index in [9.17, 15) is 0 Å². The molecule has 2 aliphatic rings. The minimum absolute atomic E-state index is 0.161. The lowest BCUT2D eigenvalue weighted by molar-refractivity contribution is 0.363. The molecular weight excluding hydrogens is 236 g/mol. The van der Waals surface area contributed by atoms with Crippen LogP contribution in [0.3, 0.4) is 0 Å². The Hall–Kier alpha value is -2.03. The molecule has 0 saturated carbocycles. The third kappa shape index (κ3) is 1.69. The number of benzene rings is 1. The highest BCUT2D eigenvalue weighted by molar-refractivity contribution is 5.66. The van der Waals surface area contributed by atoms with Crippen LogP contribution in [0.25, 0.3) is 11.3 Å². The van der Waals surface area contributed by atoms with Crippen LogP contribution in [0.4, 0.5) is 0 Å². The van der Waals surface area contributed by atoms with Gasteiger partial charge in [-0.05, 0) is 42.5 Å². The maximum atomic E-state index is 5.56. The summed E-state index contributed by atoms with van der Waals surface area (Å²) in [7, 11) is 0. The zero-order valence-electron chi connectivity index (χ0n) is 10.7. The lowest BCUT2D eigenvalue weighted by Gasteiger charge is -2.35. The Labute approximate surface area is 112 Å². The van der Waals surface area contributed by atoms with E-state index in [0.717, 1.165) is 31.6 Å². The van der Waals surface area contributed by atoms with Gasteiger partial charge in [0, 0.05) is 5.56 Å². The lowest BCUT2D eigenvalue weighted by Crippen LogP contribution is -2.47. The first kappa shape index (κ1) is 10.9. The monoisotopic (exact) mass is 252 g/mol. The minimum atomic E-state index is 0.161. The third-order valence-corrected chi connectivity index (χ3v) is 4.30. The van der Waals surface area contributed by atoms with E-state index in [0.29, 0.717) is 0 Å². The second-order valence-electron chi connectivity index (χ2n) is 5.49. The molecule has 1 aliphatic heterocycles. The first-order valence-electron chi connectivity index (χ1n) is 6.77. The minimum Gasteiger partial charge on any atom is -0.464 e. The molecule has 19 heavy (non-hydrogen) atoms. The molecule has 2 aromatic rings. The summed E-state index contributed by atoms with van der Waals surface area (Å²) >= 11 is 0. The van der Waals surface area contributed by atoms with Gasteiger partial charge in [0.1, 0.15) is 5.76 Å². The van der Waals surface area contributed by atoms with Gasteiger partial charge in [0.25, 0.3) is 0 Å². The molecule has 0 amide bonds. The molecule has 0 saturated heterocycles. The summed E-state index contributed by atoms with van der Waals surface area (Å²) in [5, 5.41) is 3.45. The number of aliphatic imine (C=N–C) groups is 1. The summed E-state index contributed by atoms with van der Waals surface area (Å²) < 4.78 is 5.56. The highest BCUT2D eigenvalue weighted by Crippen LogP contribution is 2.36. The number of fused-ring (bicyclic) bond motifs is 1. The smallest absolute Gasteiger partial charge is 0.134 e. The SMILES string of the molecule is C1=NCC2(CCc3c(cccc3-c3ccco3)C2)N1. The van der Waals surface area contributed by atoms with E-state index in [4.69, 9.17) is 4.42 Å². The summed E-state index contributed by atoms with van der Waals surface area (Å²) in [4.78, 5) is 4.35. The van der Waals surface area contributed by atoms with Crippen LogP contribution in [0.1, 0.15) is 17.5 Å². The predicted octanol–water partition coefficient (Wildman–Crippen LogP) is 2.81. The van der Waals surface area contributed by atoms with Crippen LogP contribution in [-0.4, -0.2) is 18.4 Å². The van der Waals surface area contributed by atoms with Crippen molar-refractivity contribution in [3.63, 3.8) is 0 Å². The van der Waals surface area contributed by atoms with Gasteiger partial charge >= 0.3 is 0 Å². The van der Waals surface area contributed by atoms with Crippen molar-refractivity contribution in [2.45, 2.75) is 24.8 Å². The summed E-state index contributed by atoms with van der Waals surface area (Å²) in [6.07, 6.45) is 6.88. The fourth-order valence-electron chi connectivity index (χ4n) is 3.28. The van der Waals surface area contributed by atoms with Crippen molar-refractivity contribution in [2.75, 3.05) is 6.54 Å². The van der Waals surface area contributed by atoms with Crippen molar-refractivity contribution in [3.8, 4) is 11.3 Å². The van der Waals surface area contributed by atoms with E-state index < -0.39 is 0 Å². The quantitative estimate of drug-likeness (QED) is 0.847. The lowest BCUT2D eigenvalue weighted by atomic mass is 9.76. The van der Waals surface area contributed by atoms with Crippen LogP contribution >= 0.6 is 0 Å². The highest BCUT2D eigenvalue weighted by Gasteiger charge is 2.36. The van der Waals surface area contributed by atoms with Crippen molar-refractivity contribution < 1.29 is 4.42 Å². The Balaban J connectivity index is 1.76. The van der Waals surface area contributed by atoms with Crippen molar-refractivity contribution in [3.05, 3.63) is 47.7 Å². The molecule has 1 spiro atoms. The van der Waals surface area contributed by atoms with Crippen LogP contribution in [-0.2, 0) is 12.8 Å². The number of nitrogens with one attached hydrogen (secondary N) is 1. The van der Waals surface area contributed by atoms with Crippen LogP contribution in [0.5, 0.6) is 0 Å². The average molecular weight is 252 g/mol. The summed E-state index contributed by atoms with van der Waals surface area (Å²) in [5.74, 6) is 0.975. The predicted molar refractivity (Wildman–Crippen MR) is 75.4 cm³/mol. The molecule has 0 bridgehead atoms. The highest BCUT2D eigenvalue weighted by atomic mass is 16.3. The van der Waals surface area contributed by atoms with Crippen LogP contribution in [0.15, 0.2) is 46.0 Å². The topological polar surface area (TPSA) is 37.5 Å². The van der Waals surface area contributed by atoms with E-state index >= 15 is 0 Å². The van der Waals surface area contributed by atoms with Gasteiger partial charge in [0.15, 0.2) is 0 Å². The third-order valence-electron chi connectivity index (χ3n) is 4.30. The van der Waals surface area contributed by atoms with E-state index in [1.807, 2.05) is 18.5 Å². The van der Waals surface area contributed by atoms with Gasteiger partial charge < -0.3 is 9.73 Å². The standard InChI is InChI=1S/C16H16N2O/c1-3-12-9-16(10-17-11-18-16)7-6-13(12)14(4-1)15-5-2-8-19-15/h1-5,8,11H,6-7,9-10H2,(H,17,18). The second kappa shape index (κ2) is 3.98. The van der Waals surface area contributed by atoms with Crippen molar-refractivity contribution in [1.82, 2.24) is 5.32 Å². The molecule has 1 aromatic heterocycles. The molecule has 3 nitrogen and oxygen atoms in total. The molecule has 0 fully saturated rings. The van der Waals surface area contributed by atoms with Crippen LogP contribution in [0, 0.1) is 0 Å². The Kier molecular flexibility index (Phi) is 2.28. The molecule has 4 rings (SSSR count). The Bertz CT molecular complexity index is 620. The number of furan rings is 1. The normalized spacial score (nSPS) is 24.4. The average Bonchev–Trinajstić information content (AvgIpc) is 3.10. The van der Waals surface area contributed by atoms with Crippen LogP contribution in [0.2, 0.25) is 0 Å². The molecule has 1 unspecified atom stereocenters. The van der Waals surface area contributed by atoms with Crippen molar-refractivity contribution in [1.29, 1.82) is 0 Å². The van der Waals surface area contributed by atoms with E-state index in [-0.39, 0.29) is 5.54 Å². The number of rotatable bonds is 1. The molecule has 1 atom stereocenters. The molecule has 1 N–H and O–H groups in total. The van der Waals surface area contributed by atoms with Gasteiger partial charge in [-0.15, -0.1) is 0 Å². The molecular formula is C16H16N2O. The summed E-state index contributed by atoms with van der Waals surface area (Å²) in [5.41, 5.74) is 4.28. The number of hydrogen-bond donors (Lipinski definition) is 1. The zero-order valence-corrected chi connectivity index (χ0v) is 10.7. The van der Waals surface area contributed by atoms with Gasteiger partial charge in [-0.25, -0.2) is 0 Å². The van der Waals surface area contributed by atoms with E-state index in [1.54, 1.807) is 6.26 Å². The fraction of sp³-hybridized carbons (Fsp3) is 0.312. The van der Waals surface area contributed by atoms with Crippen molar-refractivity contribution >= 4 is 6.34 Å². The largest absolute Gasteiger partial charge is 0.464 e. The Morgan fingerprint density at radius 1 is 1.21 bits per heavy atom. The Morgan fingerprint density at radius 2 is 2.21 bits per heavy atom. The zero-order chi connectivity index (χ0) is 12.7. The molecule has 0 radical (unpaired) electrons. The molecule has 1 aromatic carbocycles. The van der Waals surface area contributed by atoms with E-state index in [2.05, 4.69) is 28.5 Å². The Morgan fingerprint density at radius 3 is 3.00 bits per heavy atom. The van der Waals surface area contributed by atoms with Crippen LogP contribution < -0.4 is 5.32 Å². The molecule has 1 aliphatic carbocycles. The fourth-order valence-corrected chi connectivity index (χ4v) is 3.28. The van der Waals surface area contributed by atoms with Gasteiger partial charge in [0.2, 0.25) is 0 Å². The number of hydrogen-bond acceptors (Lipinski definition) is 3. The van der Waals surface area contributed by atoms with Gasteiger partial charge in [-0.2, -0.15) is 0 Å². The van der Waals surface area contributed by atoms with Gasteiger partial charge in [0.05, 0.1) is 24.7 Å². The van der Waals surface area contributed by atoms with E-state index in [1.165, 1.54) is 16.7 Å². The van der Waals surface area contributed by atoms with Gasteiger partial charge in [-0.3, -0.25) is 4.99 Å². The summed E-state index contributed by atoms with van der Waals surface area (Å²) in [6, 6.07) is 10.5. The van der Waals surface area contributed by atoms with Gasteiger partial charge in [-0.1, -0.05) is 18.2 Å². The maximum Gasteiger partial charge on any atom is 0.134 e. The molecule has 2 heterocycles. The molecule has 96 valence electrons. The van der Waals surface area contributed by atoms with Crippen molar-refractivity contribution in [2.24, 2.45) is 4.99 Å². The second-order valence-corrected chi connectivity index (χ2v) is 5.49. The summed E-state index contributed by atoms with van der Waals surface area (Å²) in [6.45, 7) is 0.900. The molecule has 3 heteroatoms. The first-order chi connectivity index (χ1) is 9.36. The number of nitrogens with zero attached hydrogens (tertiary/aromatic N) is 1. The first-order valence-corrected chi connectivity index (χ1v) is 6.77.